The predicted molar refractivity (Wildman–Crippen MR) is 45.3 cm³/mol. The standard InChI is InChI=1S/C7H4F5N3O2/c8-5(9)4-2(13)1-3(7(10,11)12)14-6(4)15(16)17/h1,5H,(H2,13,14). The summed E-state index contributed by atoms with van der Waals surface area (Å²) < 4.78 is 61.4. The molecule has 0 aliphatic heterocycles. The number of nitrogens with two attached hydrogens (primary N) is 1. The van der Waals surface area contributed by atoms with Crippen molar-refractivity contribution in [2.75, 3.05) is 5.73 Å². The number of halogens is 5. The molecule has 17 heavy (non-hydrogen) atoms. The van der Waals surface area contributed by atoms with Crippen molar-refractivity contribution < 1.29 is 26.9 Å². The first-order valence-electron chi connectivity index (χ1n) is 3.94. The topological polar surface area (TPSA) is 82.0 Å². The second-order valence-electron chi connectivity index (χ2n) is 2.89. The Labute approximate surface area is 90.2 Å². The highest BCUT2D eigenvalue weighted by atomic mass is 19.4. The Morgan fingerprint density at radius 3 is 2.29 bits per heavy atom. The number of nitrogen functional groups attached to an aromatic ring is 1. The van der Waals surface area contributed by atoms with E-state index in [-0.39, 0.29) is 6.07 Å². The van der Waals surface area contributed by atoms with E-state index in [0.29, 0.717) is 0 Å². The molecule has 5 nitrogen and oxygen atoms in total. The molecule has 0 unspecified atom stereocenters. The van der Waals surface area contributed by atoms with Crippen LogP contribution in [-0.2, 0) is 6.18 Å². The second-order valence-corrected chi connectivity index (χ2v) is 2.89. The molecule has 0 amide bonds. The molecule has 1 aromatic rings. The first-order valence-corrected chi connectivity index (χ1v) is 3.94. The van der Waals surface area contributed by atoms with Gasteiger partial charge < -0.3 is 15.8 Å². The Morgan fingerprint density at radius 1 is 1.41 bits per heavy atom. The maximum Gasteiger partial charge on any atom is 0.458 e. The van der Waals surface area contributed by atoms with Gasteiger partial charge in [-0.2, -0.15) is 13.2 Å². The van der Waals surface area contributed by atoms with Crippen LogP contribution >= 0.6 is 0 Å². The molecule has 0 aromatic carbocycles. The number of nitro groups is 1. The highest BCUT2D eigenvalue weighted by Crippen LogP contribution is 2.37. The van der Waals surface area contributed by atoms with Gasteiger partial charge in [0.05, 0.1) is 5.69 Å². The van der Waals surface area contributed by atoms with Crippen LogP contribution in [0.15, 0.2) is 6.07 Å². The zero-order valence-electron chi connectivity index (χ0n) is 7.83. The largest absolute Gasteiger partial charge is 0.458 e. The Morgan fingerprint density at radius 2 is 1.94 bits per heavy atom. The minimum atomic E-state index is -5.00. The van der Waals surface area contributed by atoms with Gasteiger partial charge in [-0.1, -0.05) is 0 Å². The molecule has 0 spiro atoms. The zero-order valence-corrected chi connectivity index (χ0v) is 7.83. The maximum atomic E-state index is 12.4. The molecule has 0 bridgehead atoms. The quantitative estimate of drug-likeness (QED) is 0.501. The van der Waals surface area contributed by atoms with Gasteiger partial charge in [-0.05, 0) is 9.91 Å². The lowest BCUT2D eigenvalue weighted by Gasteiger charge is -2.07. The van der Waals surface area contributed by atoms with E-state index in [1.54, 1.807) is 0 Å². The lowest BCUT2D eigenvalue weighted by Crippen LogP contribution is -2.13. The Kier molecular flexibility index (Phi) is 3.16. The van der Waals surface area contributed by atoms with E-state index in [4.69, 9.17) is 5.73 Å². The van der Waals surface area contributed by atoms with Crippen molar-refractivity contribution in [2.24, 2.45) is 0 Å². The summed E-state index contributed by atoms with van der Waals surface area (Å²) in [6, 6.07) is 0.133. The summed E-state index contributed by atoms with van der Waals surface area (Å²) in [4.78, 5) is 11.4. The van der Waals surface area contributed by atoms with Crippen molar-refractivity contribution in [3.05, 3.63) is 27.4 Å². The fraction of sp³-hybridized carbons (Fsp3) is 0.286. The van der Waals surface area contributed by atoms with Gasteiger partial charge >= 0.3 is 12.0 Å². The highest BCUT2D eigenvalue weighted by molar-refractivity contribution is 5.56. The van der Waals surface area contributed by atoms with Gasteiger partial charge in [0.1, 0.15) is 5.56 Å². The molecule has 94 valence electrons. The Bertz CT molecular complexity index is 460. The molecule has 0 saturated carbocycles. The Balaban J connectivity index is 3.53. The molecule has 0 saturated heterocycles. The number of rotatable bonds is 2. The van der Waals surface area contributed by atoms with Crippen molar-refractivity contribution in [1.29, 1.82) is 0 Å². The van der Waals surface area contributed by atoms with E-state index in [2.05, 4.69) is 4.98 Å². The van der Waals surface area contributed by atoms with Crippen molar-refractivity contribution in [2.45, 2.75) is 12.6 Å². The first kappa shape index (κ1) is 13.1. The summed E-state index contributed by atoms with van der Waals surface area (Å²) in [7, 11) is 0. The van der Waals surface area contributed by atoms with Crippen LogP contribution in [0.2, 0.25) is 0 Å². The molecule has 2 N–H and O–H groups in total. The van der Waals surface area contributed by atoms with Gasteiger partial charge in [-0.25, -0.2) is 8.78 Å². The molecule has 1 rings (SSSR count). The van der Waals surface area contributed by atoms with Crippen molar-refractivity contribution >= 4 is 11.5 Å². The highest BCUT2D eigenvalue weighted by Gasteiger charge is 2.41. The van der Waals surface area contributed by atoms with Crippen LogP contribution in [-0.4, -0.2) is 9.91 Å². The molecule has 0 radical (unpaired) electrons. The monoisotopic (exact) mass is 257 g/mol. The molecule has 0 aliphatic rings. The molecule has 1 heterocycles. The number of pyridine rings is 1. The third kappa shape index (κ3) is 2.57. The average Bonchev–Trinajstić information content (AvgIpc) is 2.13. The summed E-state index contributed by atoms with van der Waals surface area (Å²) >= 11 is 0. The van der Waals surface area contributed by atoms with Crippen LogP contribution in [0.25, 0.3) is 0 Å². The van der Waals surface area contributed by atoms with Crippen molar-refractivity contribution in [3.63, 3.8) is 0 Å². The van der Waals surface area contributed by atoms with Gasteiger partial charge in [-0.3, -0.25) is 0 Å². The zero-order chi connectivity index (χ0) is 13.4. The molecule has 0 atom stereocenters. The summed E-state index contributed by atoms with van der Waals surface area (Å²) in [5, 5.41) is 10.3. The molecular formula is C7H4F5N3O2. The van der Waals surface area contributed by atoms with E-state index in [1.165, 1.54) is 0 Å². The molecule has 1 aromatic heterocycles. The van der Waals surface area contributed by atoms with E-state index in [1.807, 2.05) is 0 Å². The minimum absolute atomic E-state index is 0.133. The maximum absolute atomic E-state index is 12.4. The number of aromatic nitrogens is 1. The van der Waals surface area contributed by atoms with Crippen LogP contribution in [0.4, 0.5) is 33.5 Å². The normalized spacial score (nSPS) is 11.9. The van der Waals surface area contributed by atoms with Crippen molar-refractivity contribution in [3.8, 4) is 0 Å². The van der Waals surface area contributed by atoms with E-state index >= 15 is 0 Å². The summed E-state index contributed by atoms with van der Waals surface area (Å²) in [6.07, 6.45) is -8.38. The number of alkyl halides is 5. The number of anilines is 1. The molecule has 0 fully saturated rings. The first-order chi connectivity index (χ1) is 7.64. The van der Waals surface area contributed by atoms with Gasteiger partial charge in [0.2, 0.25) is 0 Å². The van der Waals surface area contributed by atoms with Crippen LogP contribution in [0.3, 0.4) is 0 Å². The van der Waals surface area contributed by atoms with Crippen LogP contribution in [0.5, 0.6) is 0 Å². The number of hydrogen-bond donors (Lipinski definition) is 1. The van der Waals surface area contributed by atoms with Crippen LogP contribution < -0.4 is 5.73 Å². The van der Waals surface area contributed by atoms with E-state index < -0.39 is 40.3 Å². The number of nitrogens with zero attached hydrogens (tertiary/aromatic N) is 2. The molecule has 0 aliphatic carbocycles. The lowest BCUT2D eigenvalue weighted by atomic mass is 10.2. The molecular weight excluding hydrogens is 253 g/mol. The van der Waals surface area contributed by atoms with Gasteiger partial charge in [0, 0.05) is 6.07 Å². The lowest BCUT2D eigenvalue weighted by molar-refractivity contribution is -0.391. The smallest absolute Gasteiger partial charge is 0.398 e. The SMILES string of the molecule is Nc1cc(C(F)(F)F)nc([N+](=O)[O-])c1C(F)F. The van der Waals surface area contributed by atoms with E-state index in [9.17, 15) is 32.1 Å². The second kappa shape index (κ2) is 4.11. The summed E-state index contributed by atoms with van der Waals surface area (Å²) in [5.41, 5.74) is 0.908. The number of hydrogen-bond acceptors (Lipinski definition) is 4. The predicted octanol–water partition coefficient (Wildman–Crippen LogP) is 2.53. The van der Waals surface area contributed by atoms with Gasteiger partial charge in [-0.15, -0.1) is 0 Å². The fourth-order valence-electron chi connectivity index (χ4n) is 1.07. The third-order valence-electron chi connectivity index (χ3n) is 1.75. The average molecular weight is 257 g/mol. The van der Waals surface area contributed by atoms with Gasteiger partial charge in [0.25, 0.3) is 12.1 Å². The summed E-state index contributed by atoms with van der Waals surface area (Å²) in [6.45, 7) is 0. The fourth-order valence-corrected chi connectivity index (χ4v) is 1.07. The minimum Gasteiger partial charge on any atom is -0.398 e. The Hall–Kier alpha value is -2.00. The van der Waals surface area contributed by atoms with Crippen LogP contribution in [0.1, 0.15) is 17.7 Å². The summed E-state index contributed by atoms with van der Waals surface area (Å²) in [5.74, 6) is -1.59. The molecule has 10 heteroatoms. The van der Waals surface area contributed by atoms with E-state index in [0.717, 1.165) is 0 Å². The van der Waals surface area contributed by atoms with Gasteiger partial charge in [0.15, 0.2) is 0 Å². The van der Waals surface area contributed by atoms with Crippen molar-refractivity contribution in [1.82, 2.24) is 4.98 Å². The van der Waals surface area contributed by atoms with Crippen LogP contribution in [0, 0.1) is 10.1 Å². The third-order valence-corrected chi connectivity index (χ3v) is 1.75.